The van der Waals surface area contributed by atoms with Crippen LogP contribution in [-0.2, 0) is 4.74 Å². The monoisotopic (exact) mass is 273 g/mol. The number of nitrogens with two attached hydrogens (primary N) is 1. The number of anilines is 1. The molecule has 3 heterocycles. The molecule has 0 fully saturated rings. The number of hydrogen-bond donors (Lipinski definition) is 2. The summed E-state index contributed by atoms with van der Waals surface area (Å²) in [5.74, 6) is 0.0425. The van der Waals surface area contributed by atoms with Gasteiger partial charge in [-0.05, 0) is 6.92 Å². The van der Waals surface area contributed by atoms with Gasteiger partial charge < -0.3 is 15.5 Å². The van der Waals surface area contributed by atoms with Crippen LogP contribution in [0.3, 0.4) is 0 Å². The zero-order valence-electron chi connectivity index (χ0n) is 10.6. The number of rotatable bonds is 3. The van der Waals surface area contributed by atoms with Gasteiger partial charge in [0.05, 0.1) is 24.7 Å². The summed E-state index contributed by atoms with van der Waals surface area (Å²) in [6.45, 7) is 2.03. The SMILES string of the molecule is CCOC(=O)c1cnn(-c2nc(N)c3[nH]cnc3n2)c1. The molecule has 0 atom stereocenters. The summed E-state index contributed by atoms with van der Waals surface area (Å²) in [6.07, 6.45) is 4.34. The van der Waals surface area contributed by atoms with Crippen molar-refractivity contribution in [1.29, 1.82) is 0 Å². The van der Waals surface area contributed by atoms with Gasteiger partial charge in [-0.15, -0.1) is 0 Å². The summed E-state index contributed by atoms with van der Waals surface area (Å²) in [5.41, 5.74) is 7.11. The molecule has 3 aromatic heterocycles. The van der Waals surface area contributed by atoms with Crippen molar-refractivity contribution in [3.63, 3.8) is 0 Å². The van der Waals surface area contributed by atoms with Crippen molar-refractivity contribution in [2.45, 2.75) is 6.92 Å². The Morgan fingerprint density at radius 2 is 2.35 bits per heavy atom. The van der Waals surface area contributed by atoms with Crippen LogP contribution in [0, 0.1) is 0 Å². The molecule has 0 aliphatic carbocycles. The zero-order chi connectivity index (χ0) is 14.1. The fourth-order valence-corrected chi connectivity index (χ4v) is 1.70. The molecule has 0 bridgehead atoms. The van der Waals surface area contributed by atoms with Crippen molar-refractivity contribution in [2.75, 3.05) is 12.3 Å². The molecule has 102 valence electrons. The molecule has 0 aromatic carbocycles. The normalized spacial score (nSPS) is 10.8. The minimum atomic E-state index is -0.451. The largest absolute Gasteiger partial charge is 0.462 e. The Labute approximate surface area is 112 Å². The number of nitrogen functional groups attached to an aromatic ring is 1. The van der Waals surface area contributed by atoms with E-state index < -0.39 is 5.97 Å². The van der Waals surface area contributed by atoms with Gasteiger partial charge in [0, 0.05) is 6.20 Å². The number of aromatic nitrogens is 6. The van der Waals surface area contributed by atoms with Gasteiger partial charge >= 0.3 is 5.97 Å². The van der Waals surface area contributed by atoms with Crippen molar-refractivity contribution in [1.82, 2.24) is 29.7 Å². The quantitative estimate of drug-likeness (QED) is 0.657. The van der Waals surface area contributed by atoms with Crippen LogP contribution < -0.4 is 5.73 Å². The van der Waals surface area contributed by atoms with E-state index in [1.165, 1.54) is 23.4 Å². The van der Waals surface area contributed by atoms with Crippen LogP contribution in [0.25, 0.3) is 17.1 Å². The van der Waals surface area contributed by atoms with Crippen LogP contribution >= 0.6 is 0 Å². The van der Waals surface area contributed by atoms with E-state index in [2.05, 4.69) is 25.0 Å². The predicted molar refractivity (Wildman–Crippen MR) is 69.2 cm³/mol. The highest BCUT2D eigenvalue weighted by atomic mass is 16.5. The number of imidazole rings is 1. The molecule has 0 amide bonds. The third-order valence-electron chi connectivity index (χ3n) is 2.60. The van der Waals surface area contributed by atoms with Crippen molar-refractivity contribution in [3.8, 4) is 5.95 Å². The van der Waals surface area contributed by atoms with Crippen LogP contribution in [-0.4, -0.2) is 42.3 Å². The fourth-order valence-electron chi connectivity index (χ4n) is 1.70. The van der Waals surface area contributed by atoms with Crippen LogP contribution in [0.1, 0.15) is 17.3 Å². The first-order valence-corrected chi connectivity index (χ1v) is 5.87. The van der Waals surface area contributed by atoms with E-state index in [4.69, 9.17) is 10.5 Å². The molecule has 0 aliphatic heterocycles. The highest BCUT2D eigenvalue weighted by molar-refractivity contribution is 5.88. The number of aromatic amines is 1. The molecule has 0 aliphatic rings. The minimum absolute atomic E-state index is 0.234. The number of esters is 1. The number of nitrogens with zero attached hydrogens (tertiary/aromatic N) is 5. The maximum Gasteiger partial charge on any atom is 0.341 e. The number of fused-ring (bicyclic) bond motifs is 1. The van der Waals surface area contributed by atoms with Crippen LogP contribution in [0.5, 0.6) is 0 Å². The Morgan fingerprint density at radius 3 is 3.15 bits per heavy atom. The van der Waals surface area contributed by atoms with Crippen LogP contribution in [0.2, 0.25) is 0 Å². The Balaban J connectivity index is 2.00. The van der Waals surface area contributed by atoms with Gasteiger partial charge in [0.25, 0.3) is 5.95 Å². The molecular formula is C11H11N7O2. The van der Waals surface area contributed by atoms with Crippen molar-refractivity contribution < 1.29 is 9.53 Å². The fraction of sp³-hybridized carbons (Fsp3) is 0.182. The lowest BCUT2D eigenvalue weighted by molar-refractivity contribution is 0.0526. The van der Waals surface area contributed by atoms with Gasteiger partial charge in [0.2, 0.25) is 0 Å². The number of carbonyl (C=O) groups excluding carboxylic acids is 1. The number of ether oxygens (including phenoxy) is 1. The van der Waals surface area contributed by atoms with Crippen molar-refractivity contribution >= 4 is 23.0 Å². The minimum Gasteiger partial charge on any atom is -0.462 e. The molecule has 3 N–H and O–H groups in total. The molecule has 0 saturated carbocycles. The summed E-state index contributed by atoms with van der Waals surface area (Å²) in [6, 6.07) is 0. The molecule has 20 heavy (non-hydrogen) atoms. The van der Waals surface area contributed by atoms with Crippen LogP contribution in [0.4, 0.5) is 5.82 Å². The highest BCUT2D eigenvalue weighted by Gasteiger charge is 2.13. The highest BCUT2D eigenvalue weighted by Crippen LogP contribution is 2.15. The second-order valence-corrected chi connectivity index (χ2v) is 3.90. The summed E-state index contributed by atoms with van der Waals surface area (Å²) < 4.78 is 6.23. The second-order valence-electron chi connectivity index (χ2n) is 3.90. The first-order chi connectivity index (χ1) is 9.69. The Bertz CT molecular complexity index is 776. The van der Waals surface area contributed by atoms with E-state index in [-0.39, 0.29) is 11.8 Å². The van der Waals surface area contributed by atoms with Crippen molar-refractivity contribution in [3.05, 3.63) is 24.3 Å². The molecule has 9 heteroatoms. The summed E-state index contributed by atoms with van der Waals surface area (Å²) in [5, 5.41) is 4.02. The van der Waals surface area contributed by atoms with Gasteiger partial charge in [-0.1, -0.05) is 0 Å². The number of H-pyrrole nitrogens is 1. The third-order valence-corrected chi connectivity index (χ3v) is 2.60. The Hall–Kier alpha value is -2.97. The molecule has 0 spiro atoms. The van der Waals surface area contributed by atoms with Gasteiger partial charge in [-0.3, -0.25) is 0 Å². The number of hydrogen-bond acceptors (Lipinski definition) is 7. The molecule has 0 unspecified atom stereocenters. The average molecular weight is 273 g/mol. The third kappa shape index (κ3) is 1.94. The predicted octanol–water partition coefficient (Wildman–Crippen LogP) is 0.297. The van der Waals surface area contributed by atoms with Gasteiger partial charge in [0.1, 0.15) is 5.52 Å². The van der Waals surface area contributed by atoms with E-state index in [0.717, 1.165) is 0 Å². The average Bonchev–Trinajstić information content (AvgIpc) is 3.08. The molecular weight excluding hydrogens is 262 g/mol. The molecule has 3 rings (SSSR count). The lowest BCUT2D eigenvalue weighted by Crippen LogP contribution is -2.06. The standard InChI is InChI=1S/C11H11N7O2/c1-2-20-10(19)6-3-15-18(4-6)11-16-8(12)7-9(17-11)14-5-13-7/h3-5H,2H2,1H3,(H3,12,13,14,16,17). The second kappa shape index (κ2) is 4.61. The maximum atomic E-state index is 11.6. The molecule has 9 nitrogen and oxygen atoms in total. The van der Waals surface area contributed by atoms with Gasteiger partial charge in [-0.2, -0.15) is 15.1 Å². The lowest BCUT2D eigenvalue weighted by atomic mass is 10.4. The Morgan fingerprint density at radius 1 is 1.50 bits per heavy atom. The first kappa shape index (κ1) is 12.1. The first-order valence-electron chi connectivity index (χ1n) is 5.87. The maximum absolute atomic E-state index is 11.6. The van der Waals surface area contributed by atoms with E-state index in [1.54, 1.807) is 6.92 Å². The number of nitrogens with one attached hydrogen (secondary N) is 1. The lowest BCUT2D eigenvalue weighted by Gasteiger charge is -2.01. The van der Waals surface area contributed by atoms with Gasteiger partial charge in [-0.25, -0.2) is 14.5 Å². The summed E-state index contributed by atoms with van der Waals surface area (Å²) in [7, 11) is 0. The van der Waals surface area contributed by atoms with Crippen LogP contribution in [0.15, 0.2) is 18.7 Å². The number of carbonyl (C=O) groups is 1. The molecule has 3 aromatic rings. The molecule has 0 radical (unpaired) electrons. The van der Waals surface area contributed by atoms with E-state index in [9.17, 15) is 4.79 Å². The van der Waals surface area contributed by atoms with Gasteiger partial charge in [0.15, 0.2) is 11.5 Å². The summed E-state index contributed by atoms with van der Waals surface area (Å²) >= 11 is 0. The van der Waals surface area contributed by atoms with E-state index in [1.807, 2.05) is 0 Å². The topological polar surface area (TPSA) is 125 Å². The summed E-state index contributed by atoms with van der Waals surface area (Å²) in [4.78, 5) is 26.7. The van der Waals surface area contributed by atoms with E-state index in [0.29, 0.717) is 23.3 Å². The molecule has 0 saturated heterocycles. The smallest absolute Gasteiger partial charge is 0.341 e. The van der Waals surface area contributed by atoms with Crippen molar-refractivity contribution in [2.24, 2.45) is 0 Å². The zero-order valence-corrected chi connectivity index (χ0v) is 10.6. The van der Waals surface area contributed by atoms with E-state index >= 15 is 0 Å². The Kier molecular flexibility index (Phi) is 2.78.